The van der Waals surface area contributed by atoms with Crippen molar-refractivity contribution in [1.82, 2.24) is 5.32 Å². The highest BCUT2D eigenvalue weighted by atomic mass is 16.4. The highest BCUT2D eigenvalue weighted by Crippen LogP contribution is 2.36. The third-order valence-corrected chi connectivity index (χ3v) is 2.85. The van der Waals surface area contributed by atoms with E-state index in [0.717, 1.165) is 37.8 Å². The second-order valence-corrected chi connectivity index (χ2v) is 4.23. The monoisotopic (exact) mass is 199 g/mol. The molecular weight excluding hydrogens is 178 g/mol. The molecule has 0 bridgehead atoms. The SMILES string of the molecule is CC1CC1CNCCCCC(N)=NO. The summed E-state index contributed by atoms with van der Waals surface area (Å²) in [5.74, 6) is 2.18. The molecule has 2 atom stereocenters. The largest absolute Gasteiger partial charge is 0.409 e. The molecule has 4 heteroatoms. The highest BCUT2D eigenvalue weighted by molar-refractivity contribution is 5.79. The Morgan fingerprint density at radius 3 is 2.86 bits per heavy atom. The first-order valence-corrected chi connectivity index (χ1v) is 5.41. The molecular formula is C10H21N3O. The van der Waals surface area contributed by atoms with Crippen LogP contribution in [-0.4, -0.2) is 24.1 Å². The predicted molar refractivity (Wildman–Crippen MR) is 57.4 cm³/mol. The molecule has 82 valence electrons. The molecule has 1 fully saturated rings. The van der Waals surface area contributed by atoms with Gasteiger partial charge in [0, 0.05) is 6.42 Å². The molecule has 1 aliphatic rings. The number of nitrogens with one attached hydrogen (secondary N) is 1. The Labute approximate surface area is 85.6 Å². The Hall–Kier alpha value is -0.770. The number of unbranched alkanes of at least 4 members (excludes halogenated alkanes) is 1. The number of oxime groups is 1. The number of nitrogens with zero attached hydrogens (tertiary/aromatic N) is 1. The Morgan fingerprint density at radius 2 is 2.29 bits per heavy atom. The minimum Gasteiger partial charge on any atom is -0.409 e. The molecule has 1 rings (SSSR count). The second kappa shape index (κ2) is 5.86. The first kappa shape index (κ1) is 11.3. The maximum Gasteiger partial charge on any atom is 0.139 e. The average Bonchev–Trinajstić information content (AvgIpc) is 2.87. The number of amidine groups is 1. The van der Waals surface area contributed by atoms with Gasteiger partial charge in [-0.15, -0.1) is 0 Å². The zero-order valence-corrected chi connectivity index (χ0v) is 8.87. The molecule has 1 aliphatic carbocycles. The lowest BCUT2D eigenvalue weighted by Crippen LogP contribution is -2.19. The van der Waals surface area contributed by atoms with Gasteiger partial charge in [0.2, 0.25) is 0 Å². The van der Waals surface area contributed by atoms with E-state index in [1.54, 1.807) is 0 Å². The van der Waals surface area contributed by atoms with Crippen LogP contribution in [0, 0.1) is 11.8 Å². The van der Waals surface area contributed by atoms with E-state index in [4.69, 9.17) is 10.9 Å². The summed E-state index contributed by atoms with van der Waals surface area (Å²) in [6.45, 7) is 4.50. The molecule has 0 aromatic carbocycles. The van der Waals surface area contributed by atoms with Gasteiger partial charge in [-0.2, -0.15) is 0 Å². The van der Waals surface area contributed by atoms with E-state index < -0.39 is 0 Å². The molecule has 4 nitrogen and oxygen atoms in total. The molecule has 0 amide bonds. The van der Waals surface area contributed by atoms with Crippen LogP contribution >= 0.6 is 0 Å². The van der Waals surface area contributed by atoms with Gasteiger partial charge >= 0.3 is 0 Å². The number of hydrogen-bond donors (Lipinski definition) is 3. The average molecular weight is 199 g/mol. The Balaban J connectivity index is 1.80. The fourth-order valence-corrected chi connectivity index (χ4v) is 1.58. The molecule has 0 radical (unpaired) electrons. The third kappa shape index (κ3) is 4.46. The molecule has 0 saturated heterocycles. The lowest BCUT2D eigenvalue weighted by atomic mass is 10.2. The first-order valence-electron chi connectivity index (χ1n) is 5.41. The molecule has 4 N–H and O–H groups in total. The summed E-state index contributed by atoms with van der Waals surface area (Å²) in [5, 5.41) is 14.6. The van der Waals surface area contributed by atoms with Crippen LogP contribution in [0.4, 0.5) is 0 Å². The zero-order valence-electron chi connectivity index (χ0n) is 8.87. The molecule has 0 aromatic rings. The van der Waals surface area contributed by atoms with Gasteiger partial charge in [-0.05, 0) is 44.2 Å². The molecule has 0 spiro atoms. The molecule has 0 aliphatic heterocycles. The third-order valence-electron chi connectivity index (χ3n) is 2.85. The van der Waals surface area contributed by atoms with E-state index in [1.165, 1.54) is 6.42 Å². The van der Waals surface area contributed by atoms with Crippen LogP contribution in [0.25, 0.3) is 0 Å². The number of nitrogens with two attached hydrogens (primary N) is 1. The molecule has 2 unspecified atom stereocenters. The van der Waals surface area contributed by atoms with E-state index in [0.29, 0.717) is 12.3 Å². The fourth-order valence-electron chi connectivity index (χ4n) is 1.58. The van der Waals surface area contributed by atoms with Gasteiger partial charge < -0.3 is 16.3 Å². The standard InChI is InChI=1S/C10H21N3O/c1-8-6-9(8)7-12-5-3-2-4-10(11)13-14/h8-9,12,14H,2-7H2,1H3,(H2,11,13). The fraction of sp³-hybridized carbons (Fsp3) is 0.900. The Kier molecular flexibility index (Phi) is 4.73. The number of rotatable bonds is 7. The maximum absolute atomic E-state index is 8.30. The molecule has 14 heavy (non-hydrogen) atoms. The summed E-state index contributed by atoms with van der Waals surface area (Å²) in [6.07, 6.45) is 4.16. The van der Waals surface area contributed by atoms with E-state index in [-0.39, 0.29) is 0 Å². The van der Waals surface area contributed by atoms with E-state index >= 15 is 0 Å². The summed E-state index contributed by atoms with van der Waals surface area (Å²) in [4.78, 5) is 0. The van der Waals surface area contributed by atoms with Crippen LogP contribution in [0.2, 0.25) is 0 Å². The van der Waals surface area contributed by atoms with E-state index in [9.17, 15) is 0 Å². The molecule has 1 saturated carbocycles. The summed E-state index contributed by atoms with van der Waals surface area (Å²) in [6, 6.07) is 0. The van der Waals surface area contributed by atoms with Crippen molar-refractivity contribution >= 4 is 5.84 Å². The van der Waals surface area contributed by atoms with Crippen molar-refractivity contribution in [3.63, 3.8) is 0 Å². The first-order chi connectivity index (χ1) is 6.74. The summed E-state index contributed by atoms with van der Waals surface area (Å²) in [7, 11) is 0. The van der Waals surface area contributed by atoms with Crippen molar-refractivity contribution in [2.24, 2.45) is 22.7 Å². The van der Waals surface area contributed by atoms with Gasteiger partial charge in [-0.1, -0.05) is 12.1 Å². The van der Waals surface area contributed by atoms with Crippen LogP contribution in [0.1, 0.15) is 32.6 Å². The highest BCUT2D eigenvalue weighted by Gasteiger charge is 2.31. The summed E-state index contributed by atoms with van der Waals surface area (Å²) >= 11 is 0. The zero-order chi connectivity index (χ0) is 10.4. The van der Waals surface area contributed by atoms with Crippen molar-refractivity contribution in [3.8, 4) is 0 Å². The van der Waals surface area contributed by atoms with Crippen molar-refractivity contribution in [2.45, 2.75) is 32.6 Å². The van der Waals surface area contributed by atoms with Crippen LogP contribution < -0.4 is 11.1 Å². The summed E-state index contributed by atoms with van der Waals surface area (Å²) < 4.78 is 0. The minimum atomic E-state index is 0.334. The van der Waals surface area contributed by atoms with E-state index in [1.807, 2.05) is 0 Å². The van der Waals surface area contributed by atoms with Crippen LogP contribution in [0.15, 0.2) is 5.16 Å². The Bertz CT molecular complexity index is 194. The van der Waals surface area contributed by atoms with Gasteiger partial charge in [-0.3, -0.25) is 0 Å². The van der Waals surface area contributed by atoms with Crippen LogP contribution in [0.3, 0.4) is 0 Å². The van der Waals surface area contributed by atoms with Crippen molar-refractivity contribution in [1.29, 1.82) is 0 Å². The Morgan fingerprint density at radius 1 is 1.57 bits per heavy atom. The predicted octanol–water partition coefficient (Wildman–Crippen LogP) is 1.15. The van der Waals surface area contributed by atoms with Gasteiger partial charge in [0.25, 0.3) is 0 Å². The smallest absolute Gasteiger partial charge is 0.139 e. The molecule has 0 aromatic heterocycles. The van der Waals surface area contributed by atoms with Crippen molar-refractivity contribution in [3.05, 3.63) is 0 Å². The molecule has 0 heterocycles. The van der Waals surface area contributed by atoms with Crippen molar-refractivity contribution < 1.29 is 5.21 Å². The quantitative estimate of drug-likeness (QED) is 0.189. The maximum atomic E-state index is 8.30. The van der Waals surface area contributed by atoms with Gasteiger partial charge in [0.15, 0.2) is 0 Å². The van der Waals surface area contributed by atoms with Crippen molar-refractivity contribution in [2.75, 3.05) is 13.1 Å². The normalized spacial score (nSPS) is 26.5. The topological polar surface area (TPSA) is 70.6 Å². The lowest BCUT2D eigenvalue weighted by molar-refractivity contribution is 0.316. The van der Waals surface area contributed by atoms with Gasteiger partial charge in [0.1, 0.15) is 5.84 Å². The van der Waals surface area contributed by atoms with Crippen LogP contribution in [0.5, 0.6) is 0 Å². The summed E-state index contributed by atoms with van der Waals surface area (Å²) in [5.41, 5.74) is 5.34. The van der Waals surface area contributed by atoms with Crippen LogP contribution in [-0.2, 0) is 0 Å². The van der Waals surface area contributed by atoms with E-state index in [2.05, 4.69) is 17.4 Å². The number of hydrogen-bond acceptors (Lipinski definition) is 3. The van der Waals surface area contributed by atoms with Gasteiger partial charge in [0.05, 0.1) is 0 Å². The lowest BCUT2D eigenvalue weighted by Gasteiger charge is -2.03. The second-order valence-electron chi connectivity index (χ2n) is 4.23. The minimum absolute atomic E-state index is 0.334. The van der Waals surface area contributed by atoms with Gasteiger partial charge in [-0.25, -0.2) is 0 Å².